The van der Waals surface area contributed by atoms with Gasteiger partial charge < -0.3 is 14.5 Å². The van der Waals surface area contributed by atoms with Crippen molar-refractivity contribution in [1.29, 1.82) is 0 Å². The van der Waals surface area contributed by atoms with Crippen molar-refractivity contribution in [3.05, 3.63) is 0 Å². The third-order valence-electron chi connectivity index (χ3n) is 4.55. The van der Waals surface area contributed by atoms with Gasteiger partial charge in [-0.25, -0.2) is 4.79 Å². The maximum Gasteiger partial charge on any atom is 0.409 e. The van der Waals surface area contributed by atoms with Crippen LogP contribution in [0.2, 0.25) is 0 Å². The third kappa shape index (κ3) is 4.87. The normalized spacial score (nSPS) is 23.5. The highest BCUT2D eigenvalue weighted by Crippen LogP contribution is 2.16. The highest BCUT2D eigenvalue weighted by atomic mass is 16.6. The van der Waals surface area contributed by atoms with Gasteiger partial charge in [-0.15, -0.1) is 0 Å². The quantitative estimate of drug-likeness (QED) is 0.788. The Hall–Kier alpha value is -1.30. The Morgan fingerprint density at radius 1 is 1.09 bits per heavy atom. The van der Waals surface area contributed by atoms with Crippen molar-refractivity contribution in [2.75, 3.05) is 52.4 Å². The molecular formula is C16H29N3O3. The first-order valence-electron chi connectivity index (χ1n) is 8.52. The fourth-order valence-electron chi connectivity index (χ4n) is 3.20. The van der Waals surface area contributed by atoms with E-state index in [4.69, 9.17) is 4.74 Å². The van der Waals surface area contributed by atoms with Crippen LogP contribution in [0.5, 0.6) is 0 Å². The Bertz CT molecular complexity index is 381. The summed E-state index contributed by atoms with van der Waals surface area (Å²) >= 11 is 0. The highest BCUT2D eigenvalue weighted by Gasteiger charge is 2.24. The van der Waals surface area contributed by atoms with Gasteiger partial charge in [-0.3, -0.25) is 9.69 Å². The second-order valence-corrected chi connectivity index (χ2v) is 6.36. The van der Waals surface area contributed by atoms with E-state index in [1.54, 1.807) is 4.90 Å². The van der Waals surface area contributed by atoms with Crippen molar-refractivity contribution in [3.8, 4) is 0 Å². The molecule has 2 amide bonds. The van der Waals surface area contributed by atoms with Gasteiger partial charge in [0.2, 0.25) is 5.91 Å². The second kappa shape index (κ2) is 8.36. The lowest BCUT2D eigenvalue weighted by atomic mass is 10.00. The first-order chi connectivity index (χ1) is 10.6. The van der Waals surface area contributed by atoms with Gasteiger partial charge in [-0.1, -0.05) is 6.92 Å². The van der Waals surface area contributed by atoms with Crippen molar-refractivity contribution >= 4 is 12.0 Å². The molecule has 0 aliphatic carbocycles. The predicted molar refractivity (Wildman–Crippen MR) is 84.6 cm³/mol. The number of amides is 2. The van der Waals surface area contributed by atoms with Crippen LogP contribution in [0.3, 0.4) is 0 Å². The van der Waals surface area contributed by atoms with E-state index in [9.17, 15) is 9.59 Å². The monoisotopic (exact) mass is 311 g/mol. The first-order valence-corrected chi connectivity index (χ1v) is 8.52. The molecule has 2 heterocycles. The summed E-state index contributed by atoms with van der Waals surface area (Å²) in [6, 6.07) is 0. The van der Waals surface area contributed by atoms with E-state index >= 15 is 0 Å². The Morgan fingerprint density at radius 3 is 2.45 bits per heavy atom. The van der Waals surface area contributed by atoms with E-state index in [0.717, 1.165) is 39.1 Å². The van der Waals surface area contributed by atoms with Crippen LogP contribution < -0.4 is 0 Å². The second-order valence-electron chi connectivity index (χ2n) is 6.36. The van der Waals surface area contributed by atoms with Crippen LogP contribution >= 0.6 is 0 Å². The van der Waals surface area contributed by atoms with E-state index in [-0.39, 0.29) is 12.0 Å². The highest BCUT2D eigenvalue weighted by molar-refractivity contribution is 5.76. The zero-order valence-electron chi connectivity index (χ0n) is 13.9. The zero-order chi connectivity index (χ0) is 15.9. The number of hydrogen-bond acceptors (Lipinski definition) is 4. The molecule has 2 aliphatic heterocycles. The molecule has 2 rings (SSSR count). The molecule has 6 nitrogen and oxygen atoms in total. The number of piperazine rings is 1. The van der Waals surface area contributed by atoms with Crippen LogP contribution in [0.1, 0.15) is 33.1 Å². The van der Waals surface area contributed by atoms with Gasteiger partial charge in [-0.2, -0.15) is 0 Å². The van der Waals surface area contributed by atoms with Gasteiger partial charge in [0.15, 0.2) is 0 Å². The van der Waals surface area contributed by atoms with E-state index in [2.05, 4.69) is 11.8 Å². The summed E-state index contributed by atoms with van der Waals surface area (Å²) in [5.41, 5.74) is 0. The number of hydrogen-bond donors (Lipinski definition) is 0. The molecule has 0 N–H and O–H groups in total. The van der Waals surface area contributed by atoms with Crippen molar-refractivity contribution < 1.29 is 14.3 Å². The van der Waals surface area contributed by atoms with E-state index < -0.39 is 0 Å². The summed E-state index contributed by atoms with van der Waals surface area (Å²) in [4.78, 5) is 29.9. The molecule has 0 aromatic heterocycles. The van der Waals surface area contributed by atoms with Crippen LogP contribution in [0.25, 0.3) is 0 Å². The third-order valence-corrected chi connectivity index (χ3v) is 4.55. The van der Waals surface area contributed by atoms with Gasteiger partial charge in [0.25, 0.3) is 0 Å². The fourth-order valence-corrected chi connectivity index (χ4v) is 3.20. The number of ether oxygens (including phenoxy) is 1. The minimum atomic E-state index is -0.222. The first kappa shape index (κ1) is 17.1. The van der Waals surface area contributed by atoms with Crippen LogP contribution in [0.15, 0.2) is 0 Å². The van der Waals surface area contributed by atoms with Crippen molar-refractivity contribution in [3.63, 3.8) is 0 Å². The molecule has 2 fully saturated rings. The molecule has 6 heteroatoms. The molecular weight excluding hydrogens is 282 g/mol. The number of nitrogens with zero attached hydrogens (tertiary/aromatic N) is 3. The predicted octanol–water partition coefficient (Wildman–Crippen LogP) is 1.41. The van der Waals surface area contributed by atoms with Gasteiger partial charge in [0.05, 0.1) is 6.61 Å². The average molecular weight is 311 g/mol. The molecule has 2 saturated heterocycles. The fraction of sp³-hybridized carbons (Fsp3) is 0.875. The maximum atomic E-state index is 12.3. The largest absolute Gasteiger partial charge is 0.450 e. The Morgan fingerprint density at radius 2 is 1.82 bits per heavy atom. The summed E-state index contributed by atoms with van der Waals surface area (Å²) in [6.45, 7) is 10.1. The number of carbonyl (C=O) groups excluding carboxylic acids is 2. The van der Waals surface area contributed by atoms with Crippen molar-refractivity contribution in [2.45, 2.75) is 33.1 Å². The van der Waals surface area contributed by atoms with E-state index in [0.29, 0.717) is 32.0 Å². The minimum Gasteiger partial charge on any atom is -0.450 e. The molecule has 2 aliphatic rings. The molecule has 0 aromatic rings. The van der Waals surface area contributed by atoms with Gasteiger partial charge in [0.1, 0.15) is 0 Å². The summed E-state index contributed by atoms with van der Waals surface area (Å²) in [6.07, 6.45) is 2.73. The van der Waals surface area contributed by atoms with Crippen LogP contribution in [-0.4, -0.2) is 79.1 Å². The minimum absolute atomic E-state index is 0.222. The van der Waals surface area contributed by atoms with Gasteiger partial charge in [-0.05, 0) is 25.7 Å². The molecule has 0 bridgehead atoms. The summed E-state index contributed by atoms with van der Waals surface area (Å²) < 4.78 is 5.01. The van der Waals surface area contributed by atoms with Crippen LogP contribution in [0, 0.1) is 5.92 Å². The number of piperidine rings is 1. The van der Waals surface area contributed by atoms with Crippen molar-refractivity contribution in [1.82, 2.24) is 14.7 Å². The number of carbonyl (C=O) groups is 2. The molecule has 0 saturated carbocycles. The van der Waals surface area contributed by atoms with Crippen LogP contribution in [-0.2, 0) is 9.53 Å². The van der Waals surface area contributed by atoms with Crippen molar-refractivity contribution in [2.24, 2.45) is 5.92 Å². The Balaban J connectivity index is 1.66. The molecule has 22 heavy (non-hydrogen) atoms. The molecule has 0 radical (unpaired) electrons. The van der Waals surface area contributed by atoms with Gasteiger partial charge >= 0.3 is 6.09 Å². The summed E-state index contributed by atoms with van der Waals surface area (Å²) in [7, 11) is 0. The summed E-state index contributed by atoms with van der Waals surface area (Å²) in [5.74, 6) is 0.908. The standard InChI is InChI=1S/C16H29N3O3/c1-3-22-16(21)18-11-9-17(10-12-18)8-6-15(20)19-7-4-5-14(2)13-19/h14H,3-13H2,1-2H3. The molecule has 0 spiro atoms. The summed E-state index contributed by atoms with van der Waals surface area (Å²) in [5, 5.41) is 0. The Kier molecular flexibility index (Phi) is 6.49. The Labute approximate surface area is 133 Å². The number of likely N-dealkylation sites (tertiary alicyclic amines) is 1. The van der Waals surface area contributed by atoms with E-state index in [1.807, 2.05) is 11.8 Å². The zero-order valence-corrected chi connectivity index (χ0v) is 13.9. The maximum absolute atomic E-state index is 12.3. The topological polar surface area (TPSA) is 53.1 Å². The lowest BCUT2D eigenvalue weighted by Gasteiger charge is -2.35. The molecule has 1 unspecified atom stereocenters. The number of rotatable bonds is 4. The molecule has 126 valence electrons. The van der Waals surface area contributed by atoms with Crippen LogP contribution in [0.4, 0.5) is 4.79 Å². The lowest BCUT2D eigenvalue weighted by molar-refractivity contribution is -0.133. The molecule has 0 aromatic carbocycles. The SMILES string of the molecule is CCOC(=O)N1CCN(CCC(=O)N2CCCC(C)C2)CC1. The smallest absolute Gasteiger partial charge is 0.409 e. The average Bonchev–Trinajstić information content (AvgIpc) is 2.53. The molecule has 1 atom stereocenters. The lowest BCUT2D eigenvalue weighted by Crippen LogP contribution is -2.49. The van der Waals surface area contributed by atoms with E-state index in [1.165, 1.54) is 6.42 Å². The van der Waals surface area contributed by atoms with Gasteiger partial charge in [0, 0.05) is 52.2 Å².